The fourth-order valence-corrected chi connectivity index (χ4v) is 6.57. The number of nitrogens with zero attached hydrogens (tertiary/aromatic N) is 1. The van der Waals surface area contributed by atoms with E-state index >= 15 is 0 Å². The van der Waals surface area contributed by atoms with E-state index in [9.17, 15) is 24.3 Å². The van der Waals surface area contributed by atoms with E-state index in [2.05, 4.69) is 4.98 Å². The number of aliphatic hydroxyl groups excluding tert-OH is 1. The number of fused-ring (bicyclic) bond motifs is 2. The van der Waals surface area contributed by atoms with Crippen LogP contribution in [0.3, 0.4) is 0 Å². The maximum absolute atomic E-state index is 13.3. The molecule has 0 unspecified atom stereocenters. The summed E-state index contributed by atoms with van der Waals surface area (Å²) in [7, 11) is 0. The van der Waals surface area contributed by atoms with Crippen LogP contribution in [0.4, 0.5) is 0 Å². The van der Waals surface area contributed by atoms with Crippen molar-refractivity contribution >= 4 is 17.9 Å². The number of carbonyl (C=O) groups is 3. The molecule has 0 bridgehead atoms. The summed E-state index contributed by atoms with van der Waals surface area (Å²) < 4.78 is 28.5. The van der Waals surface area contributed by atoms with Crippen LogP contribution >= 0.6 is 0 Å². The maximum atomic E-state index is 13.3. The molecule has 1 aliphatic heterocycles. The second-order valence-corrected chi connectivity index (χ2v) is 11.3. The highest BCUT2D eigenvalue weighted by atomic mass is 16.6. The van der Waals surface area contributed by atoms with Gasteiger partial charge in [0, 0.05) is 56.6 Å². The van der Waals surface area contributed by atoms with Crippen molar-refractivity contribution in [3.63, 3.8) is 0 Å². The third kappa shape index (κ3) is 5.47. The number of carbonyl (C=O) groups excluding carboxylic acids is 3. The summed E-state index contributed by atoms with van der Waals surface area (Å²) in [4.78, 5) is 52.9. The Hall–Kier alpha value is -3.73. The van der Waals surface area contributed by atoms with Crippen LogP contribution in [0, 0.1) is 23.2 Å². The van der Waals surface area contributed by atoms with E-state index in [4.69, 9.17) is 23.4 Å². The molecule has 4 rings (SSSR count). The Morgan fingerprint density at radius 1 is 1.10 bits per heavy atom. The summed E-state index contributed by atoms with van der Waals surface area (Å²) in [6.45, 7) is 9.29. The third-order valence-corrected chi connectivity index (χ3v) is 8.20. The molecule has 2 aromatic rings. The van der Waals surface area contributed by atoms with Crippen LogP contribution in [-0.4, -0.2) is 52.9 Å². The lowest BCUT2D eigenvalue weighted by Crippen LogP contribution is -2.67. The molecule has 11 nitrogen and oxygen atoms in total. The van der Waals surface area contributed by atoms with Crippen molar-refractivity contribution in [1.29, 1.82) is 0 Å². The number of aromatic nitrogens is 1. The van der Waals surface area contributed by atoms with Gasteiger partial charge in [-0.2, -0.15) is 0 Å². The zero-order chi connectivity index (χ0) is 29.4. The Balaban J connectivity index is 1.83. The molecule has 0 radical (unpaired) electrons. The van der Waals surface area contributed by atoms with Gasteiger partial charge in [0.25, 0.3) is 0 Å². The van der Waals surface area contributed by atoms with Gasteiger partial charge in [-0.15, -0.1) is 0 Å². The average Bonchev–Trinajstić information content (AvgIpc) is 2.85. The van der Waals surface area contributed by atoms with Gasteiger partial charge < -0.3 is 28.5 Å². The number of esters is 3. The summed E-state index contributed by atoms with van der Waals surface area (Å²) in [5.74, 6) is -2.87. The molecule has 1 fully saturated rings. The second kappa shape index (κ2) is 11.0. The summed E-state index contributed by atoms with van der Waals surface area (Å²) in [6.07, 6.45) is 1.17. The van der Waals surface area contributed by atoms with E-state index in [1.54, 1.807) is 25.3 Å². The van der Waals surface area contributed by atoms with Gasteiger partial charge in [0.05, 0.1) is 19.3 Å². The Labute approximate surface area is 231 Å². The van der Waals surface area contributed by atoms with Gasteiger partial charge in [0.1, 0.15) is 28.8 Å². The van der Waals surface area contributed by atoms with Crippen molar-refractivity contribution in [1.82, 2.24) is 4.98 Å². The maximum Gasteiger partial charge on any atom is 0.345 e. The number of aliphatic hydroxyl groups is 1. The highest BCUT2D eigenvalue weighted by molar-refractivity contribution is 5.67. The monoisotopic (exact) mass is 557 g/mol. The molecular weight excluding hydrogens is 522 g/mol. The van der Waals surface area contributed by atoms with Crippen LogP contribution in [0.1, 0.15) is 59.6 Å². The second-order valence-electron chi connectivity index (χ2n) is 11.3. The van der Waals surface area contributed by atoms with Crippen LogP contribution in [-0.2, 0) is 28.6 Å². The minimum atomic E-state index is -1.35. The van der Waals surface area contributed by atoms with Gasteiger partial charge >= 0.3 is 23.5 Å². The lowest BCUT2D eigenvalue weighted by molar-refractivity contribution is -0.234. The molecule has 3 heterocycles. The van der Waals surface area contributed by atoms with Crippen LogP contribution in [0.5, 0.6) is 5.75 Å². The van der Waals surface area contributed by atoms with Crippen LogP contribution < -0.4 is 10.4 Å². The van der Waals surface area contributed by atoms with Crippen LogP contribution in [0.15, 0.2) is 39.8 Å². The zero-order valence-electron chi connectivity index (χ0n) is 23.5. The number of hydrogen-bond acceptors (Lipinski definition) is 11. The molecule has 40 heavy (non-hydrogen) atoms. The number of ether oxygens (including phenoxy) is 4. The highest BCUT2D eigenvalue weighted by Gasteiger charge is 2.65. The van der Waals surface area contributed by atoms with Crippen LogP contribution in [0.25, 0.3) is 11.3 Å². The molecule has 2 aliphatic rings. The SMILES string of the molecule is CC(=O)OCC(COC(C)=O)[C@@H]1C[C@H](OC(C)=O)[C@@]2(C)Oc3cc(-c4cccnc4)oc(=O)c3[C@H](O)[C@@H]2C1(C)C. The van der Waals surface area contributed by atoms with Crippen molar-refractivity contribution in [2.45, 2.75) is 65.8 Å². The number of hydrogen-bond donors (Lipinski definition) is 1. The van der Waals surface area contributed by atoms with E-state index < -0.39 is 64.5 Å². The molecule has 0 amide bonds. The van der Waals surface area contributed by atoms with Crippen molar-refractivity contribution < 1.29 is 42.9 Å². The molecule has 1 aliphatic carbocycles. The summed E-state index contributed by atoms with van der Waals surface area (Å²) in [5.41, 5.74) is -2.31. The normalized spacial score (nSPS) is 26.6. The molecule has 216 valence electrons. The quantitative estimate of drug-likeness (QED) is 0.395. The summed E-state index contributed by atoms with van der Waals surface area (Å²) >= 11 is 0. The van der Waals surface area contributed by atoms with E-state index in [-0.39, 0.29) is 36.7 Å². The van der Waals surface area contributed by atoms with Gasteiger partial charge in [-0.3, -0.25) is 19.4 Å². The predicted octanol–water partition coefficient (Wildman–Crippen LogP) is 3.22. The smallest absolute Gasteiger partial charge is 0.345 e. The third-order valence-electron chi connectivity index (χ3n) is 8.20. The van der Waals surface area contributed by atoms with Gasteiger partial charge in [-0.1, -0.05) is 13.8 Å². The molecule has 0 aromatic carbocycles. The minimum Gasteiger partial charge on any atom is -0.482 e. The van der Waals surface area contributed by atoms with E-state index in [0.717, 1.165) is 0 Å². The first-order valence-corrected chi connectivity index (χ1v) is 13.1. The largest absolute Gasteiger partial charge is 0.482 e. The minimum absolute atomic E-state index is 0.0399. The first-order valence-electron chi connectivity index (χ1n) is 13.1. The predicted molar refractivity (Wildman–Crippen MR) is 140 cm³/mol. The standard InChI is InChI=1S/C29H35NO10/c1-15(31)36-13-19(14-37-16(2)32)20-10-23(38-17(3)33)29(6)26(28(20,4)5)25(34)24-22(40-29)11-21(39-27(24)35)18-8-7-9-30-12-18/h7-9,11-12,19-20,23,25-26,34H,10,13-14H2,1-6H3/t20-,23-,25-,26+,29+/m0/s1. The Bertz CT molecular complexity index is 1320. The van der Waals surface area contributed by atoms with Crippen molar-refractivity contribution in [3.8, 4) is 17.1 Å². The Morgan fingerprint density at radius 3 is 2.30 bits per heavy atom. The van der Waals surface area contributed by atoms with Crippen molar-refractivity contribution in [2.24, 2.45) is 23.2 Å². The van der Waals surface area contributed by atoms with E-state index in [1.165, 1.54) is 33.0 Å². The molecule has 2 aromatic heterocycles. The lowest BCUT2D eigenvalue weighted by Gasteiger charge is -2.60. The lowest BCUT2D eigenvalue weighted by atomic mass is 9.50. The number of rotatable bonds is 7. The first-order chi connectivity index (χ1) is 18.8. The Kier molecular flexibility index (Phi) is 8.07. The summed E-state index contributed by atoms with van der Waals surface area (Å²) in [6, 6.07) is 4.96. The van der Waals surface area contributed by atoms with Gasteiger partial charge in [0.15, 0.2) is 0 Å². The van der Waals surface area contributed by atoms with Crippen molar-refractivity contribution in [2.75, 3.05) is 13.2 Å². The van der Waals surface area contributed by atoms with Crippen molar-refractivity contribution in [3.05, 3.63) is 46.6 Å². The average molecular weight is 558 g/mol. The van der Waals surface area contributed by atoms with E-state index in [1.807, 2.05) is 13.8 Å². The number of pyridine rings is 1. The Morgan fingerprint density at radius 2 is 1.75 bits per heavy atom. The molecule has 1 N–H and O–H groups in total. The fraction of sp³-hybridized carbons (Fsp3) is 0.552. The van der Waals surface area contributed by atoms with Gasteiger partial charge in [-0.05, 0) is 36.8 Å². The van der Waals surface area contributed by atoms with Crippen LogP contribution in [0.2, 0.25) is 0 Å². The topological polar surface area (TPSA) is 151 Å². The fourth-order valence-electron chi connectivity index (χ4n) is 6.57. The molecule has 0 spiro atoms. The zero-order valence-corrected chi connectivity index (χ0v) is 23.5. The highest BCUT2D eigenvalue weighted by Crippen LogP contribution is 2.61. The molecule has 11 heteroatoms. The molecule has 0 saturated heterocycles. The van der Waals surface area contributed by atoms with E-state index in [0.29, 0.717) is 5.56 Å². The molecular formula is C29H35NO10. The van der Waals surface area contributed by atoms with Gasteiger partial charge in [0.2, 0.25) is 0 Å². The first kappa shape index (κ1) is 29.3. The van der Waals surface area contributed by atoms with Gasteiger partial charge in [-0.25, -0.2) is 4.79 Å². The molecule has 1 saturated carbocycles. The molecule has 5 atom stereocenters. The summed E-state index contributed by atoms with van der Waals surface area (Å²) in [5, 5.41) is 11.8.